The Morgan fingerprint density at radius 3 is 2.38 bits per heavy atom. The Kier molecular flexibility index (Phi) is 5.85. The molecule has 1 aliphatic heterocycles. The number of nitrogens with zero attached hydrogens (tertiary/aromatic N) is 1. The first-order chi connectivity index (χ1) is 11.4. The van der Waals surface area contributed by atoms with Crippen LogP contribution < -0.4 is 0 Å². The zero-order valence-corrected chi connectivity index (χ0v) is 15.6. The van der Waals surface area contributed by atoms with Crippen LogP contribution in [0.5, 0.6) is 0 Å². The van der Waals surface area contributed by atoms with Crippen molar-refractivity contribution in [3.8, 4) is 0 Å². The molecule has 0 amide bonds. The molecule has 3 unspecified atom stereocenters. The average Bonchev–Trinajstić information content (AvgIpc) is 2.49. The van der Waals surface area contributed by atoms with Crippen molar-refractivity contribution in [3.05, 3.63) is 0 Å². The highest BCUT2D eigenvalue weighted by Crippen LogP contribution is 2.43. The van der Waals surface area contributed by atoms with Crippen LogP contribution in [0.15, 0.2) is 0 Å². The van der Waals surface area contributed by atoms with Gasteiger partial charge in [0.1, 0.15) is 0 Å². The Labute approximate surface area is 146 Å². The molecule has 2 aliphatic carbocycles. The molecule has 138 valence electrons. The summed E-state index contributed by atoms with van der Waals surface area (Å²) in [7, 11) is -2.90. The van der Waals surface area contributed by atoms with Gasteiger partial charge in [-0.2, -0.15) is 0 Å². The van der Waals surface area contributed by atoms with Gasteiger partial charge in [0.25, 0.3) is 0 Å². The van der Waals surface area contributed by atoms with E-state index < -0.39 is 9.84 Å². The zero-order valence-electron chi connectivity index (χ0n) is 14.8. The molecule has 0 spiro atoms. The summed E-state index contributed by atoms with van der Waals surface area (Å²) in [5, 5.41) is 0. The van der Waals surface area contributed by atoms with Gasteiger partial charge in [0, 0.05) is 13.1 Å². The van der Waals surface area contributed by atoms with E-state index in [9.17, 15) is 13.2 Å². The number of ether oxygens (including phenoxy) is 1. The number of fused-ring (bicyclic) bond motifs is 2. The van der Waals surface area contributed by atoms with Gasteiger partial charge in [0.2, 0.25) is 0 Å². The van der Waals surface area contributed by atoms with E-state index in [1.54, 1.807) is 0 Å². The fraction of sp³-hybridized carbons (Fsp3) is 0.944. The summed E-state index contributed by atoms with van der Waals surface area (Å²) >= 11 is 0. The molecule has 1 heterocycles. The third-order valence-corrected chi connectivity index (χ3v) is 7.62. The minimum absolute atomic E-state index is 0.0325. The SMILES string of the molecule is CC(CC1CC2CCCC(C2)C1)OC(=O)CN1CCS(=O)(=O)CC1. The summed E-state index contributed by atoms with van der Waals surface area (Å²) < 4.78 is 28.4. The van der Waals surface area contributed by atoms with E-state index in [0.717, 1.165) is 18.3 Å². The maximum absolute atomic E-state index is 12.1. The third-order valence-electron chi connectivity index (χ3n) is 6.01. The third kappa shape index (κ3) is 5.19. The Morgan fingerprint density at radius 1 is 1.12 bits per heavy atom. The summed E-state index contributed by atoms with van der Waals surface area (Å²) in [5.74, 6) is 2.61. The van der Waals surface area contributed by atoms with E-state index >= 15 is 0 Å². The second-order valence-corrected chi connectivity index (χ2v) is 10.5. The van der Waals surface area contributed by atoms with E-state index in [2.05, 4.69) is 0 Å². The largest absolute Gasteiger partial charge is 0.462 e. The highest BCUT2D eigenvalue weighted by molar-refractivity contribution is 7.91. The molecule has 3 fully saturated rings. The Hall–Kier alpha value is -0.620. The lowest BCUT2D eigenvalue weighted by molar-refractivity contribution is -0.150. The zero-order chi connectivity index (χ0) is 17.2. The molecule has 0 aromatic rings. The number of esters is 1. The number of carbonyl (C=O) groups excluding carboxylic acids is 1. The van der Waals surface area contributed by atoms with Gasteiger partial charge in [-0.1, -0.05) is 19.3 Å². The number of sulfone groups is 1. The maximum Gasteiger partial charge on any atom is 0.320 e. The van der Waals surface area contributed by atoms with Crippen LogP contribution in [0.1, 0.15) is 51.9 Å². The van der Waals surface area contributed by atoms with Gasteiger partial charge in [-0.15, -0.1) is 0 Å². The van der Waals surface area contributed by atoms with Crippen molar-refractivity contribution in [3.63, 3.8) is 0 Å². The van der Waals surface area contributed by atoms with Crippen molar-refractivity contribution in [2.24, 2.45) is 17.8 Å². The molecule has 3 atom stereocenters. The van der Waals surface area contributed by atoms with Gasteiger partial charge in [-0.3, -0.25) is 9.69 Å². The standard InChI is InChI=1S/C18H31NO4S/c1-14(9-17-11-15-3-2-4-16(10-15)12-17)23-18(20)13-19-5-7-24(21,22)8-6-19/h14-17H,2-13H2,1H3. The van der Waals surface area contributed by atoms with Crippen molar-refractivity contribution in [1.82, 2.24) is 4.90 Å². The molecule has 0 aromatic heterocycles. The van der Waals surface area contributed by atoms with Crippen LogP contribution in [0.4, 0.5) is 0 Å². The first-order valence-corrected chi connectivity index (χ1v) is 11.3. The molecule has 6 heteroatoms. The van der Waals surface area contributed by atoms with Crippen LogP contribution in [0.2, 0.25) is 0 Å². The van der Waals surface area contributed by atoms with Gasteiger partial charge >= 0.3 is 5.97 Å². The van der Waals surface area contributed by atoms with E-state index in [0.29, 0.717) is 19.0 Å². The van der Waals surface area contributed by atoms with Crippen LogP contribution in [0.3, 0.4) is 0 Å². The average molecular weight is 358 g/mol. The number of rotatable bonds is 5. The molecule has 3 rings (SSSR count). The van der Waals surface area contributed by atoms with Gasteiger partial charge in [-0.05, 0) is 50.4 Å². The molecule has 1 saturated heterocycles. The predicted molar refractivity (Wildman–Crippen MR) is 93.4 cm³/mol. The van der Waals surface area contributed by atoms with Gasteiger partial charge in [-0.25, -0.2) is 8.42 Å². The van der Waals surface area contributed by atoms with E-state index in [1.807, 2.05) is 11.8 Å². The van der Waals surface area contributed by atoms with Crippen molar-refractivity contribution >= 4 is 15.8 Å². The minimum atomic E-state index is -2.90. The minimum Gasteiger partial charge on any atom is -0.462 e. The van der Waals surface area contributed by atoms with Crippen LogP contribution in [-0.4, -0.2) is 56.5 Å². The van der Waals surface area contributed by atoms with Gasteiger partial charge in [0.15, 0.2) is 9.84 Å². The van der Waals surface area contributed by atoms with E-state index in [1.165, 1.54) is 38.5 Å². The fourth-order valence-electron chi connectivity index (χ4n) is 4.93. The molecule has 24 heavy (non-hydrogen) atoms. The maximum atomic E-state index is 12.1. The second kappa shape index (κ2) is 7.73. The monoisotopic (exact) mass is 357 g/mol. The lowest BCUT2D eigenvalue weighted by Gasteiger charge is -2.39. The quantitative estimate of drug-likeness (QED) is 0.706. The second-order valence-electron chi connectivity index (χ2n) is 8.20. The summed E-state index contributed by atoms with van der Waals surface area (Å²) in [6.07, 6.45) is 9.16. The Bertz CT molecular complexity index is 521. The molecule has 0 aromatic carbocycles. The van der Waals surface area contributed by atoms with Gasteiger partial charge < -0.3 is 4.74 Å². The first kappa shape index (κ1) is 18.2. The van der Waals surface area contributed by atoms with Crippen molar-refractivity contribution in [1.29, 1.82) is 0 Å². The number of hydrogen-bond acceptors (Lipinski definition) is 5. The van der Waals surface area contributed by atoms with Crippen LogP contribution in [-0.2, 0) is 19.4 Å². The molecule has 2 saturated carbocycles. The number of hydrogen-bond donors (Lipinski definition) is 0. The molecule has 5 nitrogen and oxygen atoms in total. The molecular weight excluding hydrogens is 326 g/mol. The predicted octanol–water partition coefficient (Wildman–Crippen LogP) is 2.26. The Morgan fingerprint density at radius 2 is 1.75 bits per heavy atom. The molecule has 2 bridgehead atoms. The van der Waals surface area contributed by atoms with Crippen LogP contribution in [0.25, 0.3) is 0 Å². The lowest BCUT2D eigenvalue weighted by Crippen LogP contribution is -2.43. The lowest BCUT2D eigenvalue weighted by atomic mass is 9.67. The highest BCUT2D eigenvalue weighted by Gasteiger charge is 2.33. The Balaban J connectivity index is 1.38. The highest BCUT2D eigenvalue weighted by atomic mass is 32.2. The van der Waals surface area contributed by atoms with E-state index in [-0.39, 0.29) is 30.1 Å². The van der Waals surface area contributed by atoms with E-state index in [4.69, 9.17) is 4.74 Å². The molecule has 3 aliphatic rings. The topological polar surface area (TPSA) is 63.7 Å². The first-order valence-electron chi connectivity index (χ1n) is 9.52. The van der Waals surface area contributed by atoms with Crippen molar-refractivity contribution in [2.75, 3.05) is 31.1 Å². The molecule has 0 N–H and O–H groups in total. The van der Waals surface area contributed by atoms with Gasteiger partial charge in [0.05, 0.1) is 24.2 Å². The fourth-order valence-corrected chi connectivity index (χ4v) is 6.21. The van der Waals surface area contributed by atoms with Crippen molar-refractivity contribution < 1.29 is 17.9 Å². The van der Waals surface area contributed by atoms with Crippen LogP contribution >= 0.6 is 0 Å². The summed E-state index contributed by atoms with van der Waals surface area (Å²) in [6, 6.07) is 0. The molecule has 0 radical (unpaired) electrons. The summed E-state index contributed by atoms with van der Waals surface area (Å²) in [5.41, 5.74) is 0. The summed E-state index contributed by atoms with van der Waals surface area (Å²) in [4.78, 5) is 14.0. The van der Waals surface area contributed by atoms with Crippen molar-refractivity contribution in [2.45, 2.75) is 58.0 Å². The number of carbonyl (C=O) groups is 1. The molecular formula is C18H31NO4S. The van der Waals surface area contributed by atoms with Crippen LogP contribution in [0, 0.1) is 17.8 Å². The summed E-state index contributed by atoms with van der Waals surface area (Å²) in [6.45, 7) is 3.11. The normalized spacial score (nSPS) is 34.5. The smallest absolute Gasteiger partial charge is 0.320 e.